The molecule has 1 unspecified atom stereocenters. The Bertz CT molecular complexity index is 442. The molecular weight excluding hydrogens is 244 g/mol. The van der Waals surface area contributed by atoms with Crippen LogP contribution >= 0.6 is 0 Å². The molecule has 0 spiro atoms. The number of nitrogens with one attached hydrogen (secondary N) is 1. The van der Waals surface area contributed by atoms with Gasteiger partial charge in [-0.2, -0.15) is 0 Å². The number of benzene rings is 1. The lowest BCUT2D eigenvalue weighted by atomic mass is 10.0. The van der Waals surface area contributed by atoms with Gasteiger partial charge in [0.2, 0.25) is 0 Å². The van der Waals surface area contributed by atoms with Gasteiger partial charge in [0.25, 0.3) is 5.91 Å². The molecule has 2 rings (SSSR count). The highest BCUT2D eigenvalue weighted by molar-refractivity contribution is 5.95. The van der Waals surface area contributed by atoms with Gasteiger partial charge in [0.1, 0.15) is 5.60 Å². The number of carbonyl (C=O) groups excluding carboxylic acids is 1. The molecule has 5 heteroatoms. The average Bonchev–Trinajstić information content (AvgIpc) is 2.85. The Kier molecular flexibility index (Phi) is 4.52. The first-order chi connectivity index (χ1) is 9.14. The van der Waals surface area contributed by atoms with E-state index in [2.05, 4.69) is 5.32 Å². The highest BCUT2D eigenvalue weighted by Gasteiger charge is 2.32. The smallest absolute Gasteiger partial charge is 0.251 e. The van der Waals surface area contributed by atoms with E-state index in [1.807, 2.05) is 18.2 Å². The van der Waals surface area contributed by atoms with Crippen LogP contribution in [-0.4, -0.2) is 42.9 Å². The lowest BCUT2D eigenvalue weighted by Gasteiger charge is -2.21. The summed E-state index contributed by atoms with van der Waals surface area (Å²) in [5, 5.41) is 12.9. The van der Waals surface area contributed by atoms with E-state index in [9.17, 15) is 9.90 Å². The first-order valence-electron chi connectivity index (χ1n) is 6.51. The molecule has 1 aromatic carbocycles. The largest absolute Gasteiger partial charge is 0.386 e. The van der Waals surface area contributed by atoms with Gasteiger partial charge in [-0.25, -0.2) is 0 Å². The maximum atomic E-state index is 12.1. The Morgan fingerprint density at radius 1 is 1.47 bits per heavy atom. The van der Waals surface area contributed by atoms with E-state index in [-0.39, 0.29) is 19.1 Å². The monoisotopic (exact) mass is 264 g/mol. The zero-order valence-electron chi connectivity index (χ0n) is 10.9. The summed E-state index contributed by atoms with van der Waals surface area (Å²) < 4.78 is 5.14. The third-order valence-corrected chi connectivity index (χ3v) is 3.34. The lowest BCUT2D eigenvalue weighted by Crippen LogP contribution is -2.43. The maximum Gasteiger partial charge on any atom is 0.251 e. The SMILES string of the molecule is NCCc1ccccc1C(=O)NCC1(O)CCOC1. The van der Waals surface area contributed by atoms with Crippen molar-refractivity contribution in [1.29, 1.82) is 0 Å². The van der Waals surface area contributed by atoms with Crippen LogP contribution in [0.3, 0.4) is 0 Å². The molecule has 0 aromatic heterocycles. The van der Waals surface area contributed by atoms with Gasteiger partial charge in [0, 0.05) is 25.1 Å². The summed E-state index contributed by atoms with van der Waals surface area (Å²) in [7, 11) is 0. The molecular formula is C14H20N2O3. The second-order valence-electron chi connectivity index (χ2n) is 4.91. The minimum Gasteiger partial charge on any atom is -0.386 e. The number of ether oxygens (including phenoxy) is 1. The first kappa shape index (κ1) is 14.0. The summed E-state index contributed by atoms with van der Waals surface area (Å²) >= 11 is 0. The zero-order chi connectivity index (χ0) is 13.7. The Balaban J connectivity index is 1.99. The number of carbonyl (C=O) groups is 1. The van der Waals surface area contributed by atoms with Crippen molar-refractivity contribution < 1.29 is 14.6 Å². The second-order valence-corrected chi connectivity index (χ2v) is 4.91. The summed E-state index contributed by atoms with van der Waals surface area (Å²) in [6.07, 6.45) is 1.22. The first-order valence-corrected chi connectivity index (χ1v) is 6.51. The summed E-state index contributed by atoms with van der Waals surface area (Å²) in [5.41, 5.74) is 6.15. The zero-order valence-corrected chi connectivity index (χ0v) is 10.9. The minimum atomic E-state index is -0.932. The van der Waals surface area contributed by atoms with Crippen molar-refractivity contribution in [1.82, 2.24) is 5.32 Å². The molecule has 1 aliphatic rings. The molecule has 5 nitrogen and oxygen atoms in total. The Morgan fingerprint density at radius 2 is 2.26 bits per heavy atom. The van der Waals surface area contributed by atoms with Crippen LogP contribution in [0.2, 0.25) is 0 Å². The molecule has 104 valence electrons. The van der Waals surface area contributed by atoms with E-state index in [0.29, 0.717) is 31.6 Å². The van der Waals surface area contributed by atoms with E-state index in [4.69, 9.17) is 10.5 Å². The highest BCUT2D eigenvalue weighted by Crippen LogP contribution is 2.17. The Labute approximate surface area is 112 Å². The van der Waals surface area contributed by atoms with Crippen LogP contribution in [0, 0.1) is 0 Å². The molecule has 1 fully saturated rings. The molecule has 0 radical (unpaired) electrons. The number of hydrogen-bond donors (Lipinski definition) is 3. The minimum absolute atomic E-state index is 0.177. The van der Waals surface area contributed by atoms with Gasteiger partial charge < -0.3 is 20.9 Å². The van der Waals surface area contributed by atoms with E-state index in [0.717, 1.165) is 5.56 Å². The fourth-order valence-electron chi connectivity index (χ4n) is 2.19. The van der Waals surface area contributed by atoms with Crippen LogP contribution in [0.5, 0.6) is 0 Å². The third-order valence-electron chi connectivity index (χ3n) is 3.34. The van der Waals surface area contributed by atoms with Crippen LogP contribution < -0.4 is 11.1 Å². The van der Waals surface area contributed by atoms with Gasteiger partial charge >= 0.3 is 0 Å². The van der Waals surface area contributed by atoms with E-state index in [1.54, 1.807) is 6.07 Å². The maximum absolute atomic E-state index is 12.1. The Morgan fingerprint density at radius 3 is 2.95 bits per heavy atom. The van der Waals surface area contributed by atoms with Crippen molar-refractivity contribution >= 4 is 5.91 Å². The van der Waals surface area contributed by atoms with E-state index < -0.39 is 5.60 Å². The fourth-order valence-corrected chi connectivity index (χ4v) is 2.19. The van der Waals surface area contributed by atoms with Gasteiger partial charge in [0.15, 0.2) is 0 Å². The summed E-state index contributed by atoms with van der Waals surface area (Å²) in [4.78, 5) is 12.1. The van der Waals surface area contributed by atoms with E-state index in [1.165, 1.54) is 0 Å². The molecule has 0 saturated carbocycles. The number of amides is 1. The Hall–Kier alpha value is -1.43. The molecule has 19 heavy (non-hydrogen) atoms. The van der Waals surface area contributed by atoms with Crippen molar-refractivity contribution in [3.63, 3.8) is 0 Å². The fraction of sp³-hybridized carbons (Fsp3) is 0.500. The molecule has 4 N–H and O–H groups in total. The van der Waals surface area contributed by atoms with Crippen LogP contribution in [-0.2, 0) is 11.2 Å². The number of aliphatic hydroxyl groups is 1. The van der Waals surface area contributed by atoms with Crippen molar-refractivity contribution in [2.75, 3.05) is 26.3 Å². The quantitative estimate of drug-likeness (QED) is 0.702. The molecule has 1 aliphatic heterocycles. The summed E-state index contributed by atoms with van der Waals surface area (Å²) in [6, 6.07) is 7.38. The van der Waals surface area contributed by atoms with Crippen molar-refractivity contribution in [3.8, 4) is 0 Å². The molecule has 1 heterocycles. The van der Waals surface area contributed by atoms with E-state index >= 15 is 0 Å². The standard InChI is InChI=1S/C14H20N2O3/c15-7-5-11-3-1-2-4-12(11)13(17)16-9-14(18)6-8-19-10-14/h1-4,18H,5-10,15H2,(H,16,17). The van der Waals surface area contributed by atoms with Crippen LogP contribution in [0.4, 0.5) is 0 Å². The molecule has 1 atom stereocenters. The molecule has 1 saturated heterocycles. The second kappa shape index (κ2) is 6.14. The average molecular weight is 264 g/mol. The third kappa shape index (κ3) is 3.53. The normalized spacial score (nSPS) is 22.4. The topological polar surface area (TPSA) is 84.6 Å². The summed E-state index contributed by atoms with van der Waals surface area (Å²) in [5.74, 6) is -0.177. The van der Waals surface area contributed by atoms with Crippen LogP contribution in [0.15, 0.2) is 24.3 Å². The van der Waals surface area contributed by atoms with Crippen LogP contribution in [0.25, 0.3) is 0 Å². The predicted molar refractivity (Wildman–Crippen MR) is 71.9 cm³/mol. The molecule has 1 amide bonds. The lowest BCUT2D eigenvalue weighted by molar-refractivity contribution is 0.0264. The van der Waals surface area contributed by atoms with Crippen molar-refractivity contribution in [3.05, 3.63) is 35.4 Å². The molecule has 0 aliphatic carbocycles. The van der Waals surface area contributed by atoms with Gasteiger partial charge in [0.05, 0.1) is 6.61 Å². The number of rotatable bonds is 5. The van der Waals surface area contributed by atoms with Gasteiger partial charge in [-0.05, 0) is 24.6 Å². The van der Waals surface area contributed by atoms with Crippen LogP contribution in [0.1, 0.15) is 22.3 Å². The molecule has 1 aromatic rings. The van der Waals surface area contributed by atoms with Gasteiger partial charge in [-0.3, -0.25) is 4.79 Å². The van der Waals surface area contributed by atoms with Crippen molar-refractivity contribution in [2.24, 2.45) is 5.73 Å². The number of nitrogens with two attached hydrogens (primary N) is 1. The number of hydrogen-bond acceptors (Lipinski definition) is 4. The van der Waals surface area contributed by atoms with Gasteiger partial charge in [-0.15, -0.1) is 0 Å². The molecule has 0 bridgehead atoms. The summed E-state index contributed by atoms with van der Waals surface area (Å²) in [6.45, 7) is 1.53. The van der Waals surface area contributed by atoms with Crippen molar-refractivity contribution in [2.45, 2.75) is 18.4 Å². The van der Waals surface area contributed by atoms with Gasteiger partial charge in [-0.1, -0.05) is 18.2 Å². The predicted octanol–water partition coefficient (Wildman–Crippen LogP) is 0.0690. The highest BCUT2D eigenvalue weighted by atomic mass is 16.5.